The first-order valence-corrected chi connectivity index (χ1v) is 13.1. The molecule has 0 aliphatic carbocycles. The zero-order chi connectivity index (χ0) is 28.0. The van der Waals surface area contributed by atoms with Crippen molar-refractivity contribution >= 4 is 29.0 Å². The average molecular weight is 544 g/mol. The minimum Gasteiger partial charge on any atom is -0.493 e. The summed E-state index contributed by atoms with van der Waals surface area (Å²) in [5.74, 6) is 1.08. The van der Waals surface area contributed by atoms with Crippen LogP contribution in [-0.4, -0.2) is 60.8 Å². The molecule has 3 heterocycles. The molecule has 3 aliphatic heterocycles. The highest BCUT2D eigenvalue weighted by Crippen LogP contribution is 2.49. The van der Waals surface area contributed by atoms with E-state index in [1.165, 1.54) is 12.1 Å². The molecule has 40 heavy (non-hydrogen) atoms. The summed E-state index contributed by atoms with van der Waals surface area (Å²) in [4.78, 5) is 42.8. The number of carbonyl (C=O) groups is 2. The number of nitrogens with zero attached hydrogens (tertiary/aromatic N) is 4. The highest BCUT2D eigenvalue weighted by Gasteiger charge is 2.50. The van der Waals surface area contributed by atoms with Crippen molar-refractivity contribution < 1.29 is 24.0 Å². The van der Waals surface area contributed by atoms with Gasteiger partial charge in [0.15, 0.2) is 17.2 Å². The smallest absolute Gasteiger partial charge is 0.325 e. The number of para-hydroxylation sites is 1. The van der Waals surface area contributed by atoms with Crippen molar-refractivity contribution in [3.63, 3.8) is 0 Å². The van der Waals surface area contributed by atoms with Gasteiger partial charge in [-0.3, -0.25) is 19.8 Å². The van der Waals surface area contributed by atoms with Gasteiger partial charge in [-0.05, 0) is 43.3 Å². The zero-order valence-electron chi connectivity index (χ0n) is 22.2. The van der Waals surface area contributed by atoms with Crippen LogP contribution in [0.3, 0.4) is 0 Å². The summed E-state index contributed by atoms with van der Waals surface area (Å²) in [7, 11) is 1.59. The Hall–Kier alpha value is -4.80. The van der Waals surface area contributed by atoms with Gasteiger partial charge in [0.05, 0.1) is 23.8 Å². The van der Waals surface area contributed by atoms with Crippen LogP contribution in [0.5, 0.6) is 11.5 Å². The quantitative estimate of drug-likeness (QED) is 0.376. The van der Waals surface area contributed by atoms with Crippen LogP contribution in [0.2, 0.25) is 0 Å². The van der Waals surface area contributed by atoms with Crippen LogP contribution in [0, 0.1) is 10.1 Å². The molecule has 2 bridgehead atoms. The Morgan fingerprint density at radius 2 is 1.77 bits per heavy atom. The van der Waals surface area contributed by atoms with E-state index in [9.17, 15) is 19.7 Å². The number of benzene rings is 3. The maximum atomic E-state index is 13.5. The van der Waals surface area contributed by atoms with Crippen molar-refractivity contribution in [2.24, 2.45) is 0 Å². The first kappa shape index (κ1) is 25.5. The van der Waals surface area contributed by atoms with E-state index in [2.05, 4.69) is 10.2 Å². The number of nitro benzene ring substituents is 1. The van der Waals surface area contributed by atoms with Gasteiger partial charge in [-0.15, -0.1) is 0 Å². The van der Waals surface area contributed by atoms with Gasteiger partial charge in [0, 0.05) is 61.5 Å². The van der Waals surface area contributed by atoms with E-state index in [1.54, 1.807) is 53.3 Å². The fourth-order valence-corrected chi connectivity index (χ4v) is 5.83. The molecule has 3 amide bonds. The van der Waals surface area contributed by atoms with Gasteiger partial charge >= 0.3 is 6.03 Å². The number of non-ortho nitro benzene ring substituents is 1. The molecule has 11 nitrogen and oxygen atoms in total. The molecule has 3 aromatic carbocycles. The zero-order valence-corrected chi connectivity index (χ0v) is 22.2. The van der Waals surface area contributed by atoms with Crippen molar-refractivity contribution in [1.29, 1.82) is 0 Å². The van der Waals surface area contributed by atoms with Crippen LogP contribution in [0.25, 0.3) is 0 Å². The molecule has 3 aromatic rings. The number of ether oxygens (including phenoxy) is 2. The van der Waals surface area contributed by atoms with E-state index in [0.29, 0.717) is 55.3 Å². The second kappa shape index (κ2) is 9.74. The summed E-state index contributed by atoms with van der Waals surface area (Å²) in [5, 5.41) is 14.0. The second-order valence-electron chi connectivity index (χ2n) is 10.3. The SMILES string of the molecule is COc1cccc2c1OC1(C)CC2NC(=O)N1c1cccc(C(=O)N2CCN(c3ccc([N+](=O)[O-])cc3)CC2)c1. The van der Waals surface area contributed by atoms with Crippen LogP contribution >= 0.6 is 0 Å². The Bertz CT molecular complexity index is 1490. The standard InChI is InChI=1S/C29H29N5O6/c1-29-18-24(23-7-4-8-25(39-2)26(23)40-29)30-28(36)33(29)22-6-3-5-19(17-22)27(35)32-15-13-31(14-16-32)20-9-11-21(12-10-20)34(37)38/h3-12,17,24H,13-16,18H2,1-2H3,(H,30,36). The van der Waals surface area contributed by atoms with E-state index in [-0.39, 0.29) is 23.7 Å². The maximum absolute atomic E-state index is 13.5. The molecule has 2 saturated heterocycles. The fraction of sp³-hybridized carbons (Fsp3) is 0.310. The predicted molar refractivity (Wildman–Crippen MR) is 148 cm³/mol. The molecule has 3 aliphatic rings. The van der Waals surface area contributed by atoms with Crippen LogP contribution in [0.4, 0.5) is 21.9 Å². The molecular formula is C29H29N5O6. The van der Waals surface area contributed by atoms with Crippen LogP contribution < -0.4 is 24.6 Å². The first-order chi connectivity index (χ1) is 19.3. The van der Waals surface area contributed by atoms with Gasteiger partial charge in [0.1, 0.15) is 0 Å². The lowest BCUT2D eigenvalue weighted by Gasteiger charge is -2.50. The lowest BCUT2D eigenvalue weighted by Crippen LogP contribution is -2.65. The molecule has 6 rings (SSSR count). The number of anilines is 2. The number of hydrogen-bond acceptors (Lipinski definition) is 7. The topological polar surface area (TPSA) is 117 Å². The Balaban J connectivity index is 1.19. The Labute approximate surface area is 231 Å². The third-order valence-corrected chi connectivity index (χ3v) is 7.83. The van der Waals surface area contributed by atoms with Gasteiger partial charge in [0.25, 0.3) is 11.6 Å². The summed E-state index contributed by atoms with van der Waals surface area (Å²) < 4.78 is 12.0. The molecule has 0 spiro atoms. The van der Waals surface area contributed by atoms with Crippen molar-refractivity contribution in [1.82, 2.24) is 10.2 Å². The number of hydrogen-bond donors (Lipinski definition) is 1. The van der Waals surface area contributed by atoms with Gasteiger partial charge in [0.2, 0.25) is 0 Å². The van der Waals surface area contributed by atoms with Crippen LogP contribution in [-0.2, 0) is 0 Å². The van der Waals surface area contributed by atoms with Crippen molar-refractivity contribution in [2.45, 2.75) is 25.1 Å². The molecule has 0 saturated carbocycles. The third-order valence-electron chi connectivity index (χ3n) is 7.83. The largest absolute Gasteiger partial charge is 0.493 e. The van der Waals surface area contributed by atoms with E-state index in [0.717, 1.165) is 11.3 Å². The van der Waals surface area contributed by atoms with Gasteiger partial charge < -0.3 is 24.6 Å². The number of piperazine rings is 1. The van der Waals surface area contributed by atoms with Crippen molar-refractivity contribution in [3.8, 4) is 11.5 Å². The first-order valence-electron chi connectivity index (χ1n) is 13.1. The summed E-state index contributed by atoms with van der Waals surface area (Å²) in [6, 6.07) is 18.6. The maximum Gasteiger partial charge on any atom is 0.325 e. The lowest BCUT2D eigenvalue weighted by molar-refractivity contribution is -0.384. The minimum absolute atomic E-state index is 0.0474. The highest BCUT2D eigenvalue weighted by molar-refractivity contribution is 5.99. The molecule has 1 N–H and O–H groups in total. The van der Waals surface area contributed by atoms with E-state index in [1.807, 2.05) is 25.1 Å². The highest BCUT2D eigenvalue weighted by atomic mass is 16.6. The van der Waals surface area contributed by atoms with Crippen molar-refractivity contribution in [3.05, 3.63) is 88.0 Å². The Morgan fingerprint density at radius 3 is 2.48 bits per heavy atom. The molecule has 2 unspecified atom stereocenters. The molecule has 0 radical (unpaired) electrons. The number of amides is 3. The van der Waals surface area contributed by atoms with Gasteiger partial charge in [-0.1, -0.05) is 18.2 Å². The number of fused-ring (bicyclic) bond motifs is 4. The number of nitrogens with one attached hydrogen (secondary N) is 1. The predicted octanol–water partition coefficient (Wildman–Crippen LogP) is 4.34. The van der Waals surface area contributed by atoms with Gasteiger partial charge in [-0.25, -0.2) is 4.79 Å². The van der Waals surface area contributed by atoms with Crippen molar-refractivity contribution in [2.75, 3.05) is 43.1 Å². The number of rotatable bonds is 5. The second-order valence-corrected chi connectivity index (χ2v) is 10.3. The molecule has 2 atom stereocenters. The molecular weight excluding hydrogens is 514 g/mol. The van der Waals surface area contributed by atoms with Crippen LogP contribution in [0.15, 0.2) is 66.7 Å². The molecule has 0 aromatic heterocycles. The summed E-state index contributed by atoms with van der Waals surface area (Å²) in [6.45, 7) is 4.09. The number of nitro groups is 1. The van der Waals surface area contributed by atoms with E-state index in [4.69, 9.17) is 9.47 Å². The fourth-order valence-electron chi connectivity index (χ4n) is 5.83. The average Bonchev–Trinajstić information content (AvgIpc) is 2.96. The summed E-state index contributed by atoms with van der Waals surface area (Å²) >= 11 is 0. The molecule has 206 valence electrons. The van der Waals surface area contributed by atoms with Crippen LogP contribution in [0.1, 0.15) is 35.3 Å². The molecule has 11 heteroatoms. The van der Waals surface area contributed by atoms with E-state index >= 15 is 0 Å². The minimum atomic E-state index is -0.979. The lowest BCUT2D eigenvalue weighted by atomic mass is 9.89. The Kier molecular flexibility index (Phi) is 6.21. The monoisotopic (exact) mass is 543 g/mol. The third kappa shape index (κ3) is 4.33. The van der Waals surface area contributed by atoms with Gasteiger partial charge in [-0.2, -0.15) is 0 Å². The molecule has 2 fully saturated rings. The van der Waals surface area contributed by atoms with E-state index < -0.39 is 10.6 Å². The summed E-state index contributed by atoms with van der Waals surface area (Å²) in [5.41, 5.74) is 1.87. The normalized spacial score (nSPS) is 21.7. The Morgan fingerprint density at radius 1 is 1.05 bits per heavy atom. The number of carbonyl (C=O) groups excluding carboxylic acids is 2. The number of urea groups is 1. The number of methoxy groups -OCH3 is 1. The summed E-state index contributed by atoms with van der Waals surface area (Å²) in [6.07, 6.45) is 0.529.